The molecule has 1 aromatic rings. The van der Waals surface area contributed by atoms with Gasteiger partial charge in [-0.2, -0.15) is 0 Å². The topological polar surface area (TPSA) is 49.3 Å². The first-order valence-corrected chi connectivity index (χ1v) is 5.72. The molecule has 0 unspecified atom stereocenters. The molecular formula is C14H15NO2. The quantitative estimate of drug-likeness (QED) is 0.749. The van der Waals surface area contributed by atoms with E-state index in [0.29, 0.717) is 11.6 Å². The van der Waals surface area contributed by atoms with Crippen molar-refractivity contribution in [2.45, 2.75) is 25.8 Å². The van der Waals surface area contributed by atoms with E-state index in [1.807, 2.05) is 19.1 Å². The van der Waals surface area contributed by atoms with Crippen molar-refractivity contribution in [3.63, 3.8) is 0 Å². The summed E-state index contributed by atoms with van der Waals surface area (Å²) in [6.45, 7) is 1.76. The first-order chi connectivity index (χ1) is 8.20. The lowest BCUT2D eigenvalue weighted by atomic mass is 10.0. The number of hydrogen-bond donors (Lipinski definition) is 2. The Labute approximate surface area is 101 Å². The molecule has 1 fully saturated rings. The third-order valence-electron chi connectivity index (χ3n) is 2.70. The van der Waals surface area contributed by atoms with E-state index < -0.39 is 0 Å². The van der Waals surface area contributed by atoms with Crippen LogP contribution < -0.4 is 5.32 Å². The van der Waals surface area contributed by atoms with E-state index in [1.54, 1.807) is 6.07 Å². The van der Waals surface area contributed by atoms with Gasteiger partial charge in [-0.25, -0.2) is 0 Å². The van der Waals surface area contributed by atoms with Gasteiger partial charge in [-0.3, -0.25) is 4.79 Å². The second-order valence-corrected chi connectivity index (χ2v) is 4.24. The summed E-state index contributed by atoms with van der Waals surface area (Å²) in [6.07, 6.45) is 2.18. The zero-order valence-electron chi connectivity index (χ0n) is 9.79. The van der Waals surface area contributed by atoms with Crippen molar-refractivity contribution in [3.8, 4) is 11.8 Å². The van der Waals surface area contributed by atoms with Crippen LogP contribution in [-0.2, 0) is 0 Å². The number of amides is 1. The highest BCUT2D eigenvalue weighted by Crippen LogP contribution is 2.19. The predicted octanol–water partition coefficient (Wildman–Crippen LogP) is 1.23. The average molecular weight is 229 g/mol. The van der Waals surface area contributed by atoms with E-state index in [1.165, 1.54) is 0 Å². The van der Waals surface area contributed by atoms with E-state index >= 15 is 0 Å². The summed E-state index contributed by atoms with van der Waals surface area (Å²) in [5, 5.41) is 11.6. The van der Waals surface area contributed by atoms with Crippen molar-refractivity contribution in [3.05, 3.63) is 34.9 Å². The predicted molar refractivity (Wildman–Crippen MR) is 65.6 cm³/mol. The largest absolute Gasteiger partial charge is 0.384 e. The lowest BCUT2D eigenvalue weighted by Gasteiger charge is -2.05. The summed E-state index contributed by atoms with van der Waals surface area (Å²) in [6, 6.07) is 5.79. The van der Waals surface area contributed by atoms with E-state index in [-0.39, 0.29) is 12.5 Å². The lowest BCUT2D eigenvalue weighted by Crippen LogP contribution is -2.25. The Morgan fingerprint density at radius 1 is 1.53 bits per heavy atom. The van der Waals surface area contributed by atoms with Crippen molar-refractivity contribution in [2.24, 2.45) is 0 Å². The van der Waals surface area contributed by atoms with E-state index in [0.717, 1.165) is 24.0 Å². The number of rotatable bonds is 2. The van der Waals surface area contributed by atoms with Gasteiger partial charge in [0.2, 0.25) is 0 Å². The Hall–Kier alpha value is -1.79. The second-order valence-electron chi connectivity index (χ2n) is 4.24. The molecule has 1 aliphatic carbocycles. The van der Waals surface area contributed by atoms with Gasteiger partial charge in [0.1, 0.15) is 6.61 Å². The zero-order chi connectivity index (χ0) is 12.3. The van der Waals surface area contributed by atoms with E-state index in [4.69, 9.17) is 5.11 Å². The van der Waals surface area contributed by atoms with Crippen molar-refractivity contribution in [2.75, 3.05) is 6.61 Å². The first-order valence-electron chi connectivity index (χ1n) is 5.72. The maximum absolute atomic E-state index is 11.8. The molecule has 0 aromatic heterocycles. The maximum atomic E-state index is 11.8. The lowest BCUT2D eigenvalue weighted by molar-refractivity contribution is 0.0951. The van der Waals surface area contributed by atoms with Gasteiger partial charge in [0.25, 0.3) is 5.91 Å². The Balaban J connectivity index is 2.14. The molecule has 2 rings (SSSR count). The Bertz CT molecular complexity index is 493. The smallest absolute Gasteiger partial charge is 0.251 e. The van der Waals surface area contributed by atoms with Crippen molar-refractivity contribution < 1.29 is 9.90 Å². The third-order valence-corrected chi connectivity index (χ3v) is 2.70. The SMILES string of the molecule is Cc1cc(C(=O)NC2CC2)ccc1C#CCO. The van der Waals surface area contributed by atoms with Crippen LogP contribution in [0.5, 0.6) is 0 Å². The Morgan fingerprint density at radius 3 is 2.88 bits per heavy atom. The van der Waals surface area contributed by atoms with Gasteiger partial charge in [0.05, 0.1) is 0 Å². The van der Waals surface area contributed by atoms with Crippen LogP contribution in [0, 0.1) is 18.8 Å². The standard InChI is InChI=1S/C14H15NO2/c1-10-9-12(14(17)15-13-6-7-13)5-4-11(10)3-2-8-16/h4-5,9,13,16H,6-8H2,1H3,(H,15,17). The number of carbonyl (C=O) groups is 1. The highest BCUT2D eigenvalue weighted by atomic mass is 16.2. The Morgan fingerprint density at radius 2 is 2.29 bits per heavy atom. The summed E-state index contributed by atoms with van der Waals surface area (Å²) in [4.78, 5) is 11.8. The minimum atomic E-state index is -0.149. The van der Waals surface area contributed by atoms with Gasteiger partial charge in [0, 0.05) is 17.2 Å². The number of aliphatic hydroxyl groups is 1. The molecule has 0 heterocycles. The van der Waals surface area contributed by atoms with Crippen molar-refractivity contribution in [1.82, 2.24) is 5.32 Å². The molecule has 0 aliphatic heterocycles. The summed E-state index contributed by atoms with van der Waals surface area (Å²) < 4.78 is 0. The number of nitrogens with one attached hydrogen (secondary N) is 1. The van der Waals surface area contributed by atoms with Gasteiger partial charge >= 0.3 is 0 Å². The van der Waals surface area contributed by atoms with Gasteiger partial charge in [-0.15, -0.1) is 0 Å². The molecule has 1 aliphatic rings. The number of carbonyl (C=O) groups excluding carboxylic acids is 1. The van der Waals surface area contributed by atoms with Crippen LogP contribution in [0.3, 0.4) is 0 Å². The molecule has 17 heavy (non-hydrogen) atoms. The van der Waals surface area contributed by atoms with Crippen molar-refractivity contribution >= 4 is 5.91 Å². The van der Waals surface area contributed by atoms with Crippen LogP contribution in [0.15, 0.2) is 18.2 Å². The normalized spacial score (nSPS) is 13.8. The summed E-state index contributed by atoms with van der Waals surface area (Å²) >= 11 is 0. The van der Waals surface area contributed by atoms with E-state index in [2.05, 4.69) is 17.2 Å². The molecule has 3 heteroatoms. The highest BCUT2D eigenvalue weighted by Gasteiger charge is 2.23. The fourth-order valence-corrected chi connectivity index (χ4v) is 1.58. The van der Waals surface area contributed by atoms with Crippen LogP contribution in [0.25, 0.3) is 0 Å². The van der Waals surface area contributed by atoms with Crippen LogP contribution in [-0.4, -0.2) is 23.7 Å². The fraction of sp³-hybridized carbons (Fsp3) is 0.357. The molecule has 0 atom stereocenters. The van der Waals surface area contributed by atoms with Crippen LogP contribution in [0.1, 0.15) is 34.3 Å². The number of hydrogen-bond acceptors (Lipinski definition) is 2. The summed E-state index contributed by atoms with van der Waals surface area (Å²) in [5.41, 5.74) is 2.47. The van der Waals surface area contributed by atoms with Crippen LogP contribution in [0.2, 0.25) is 0 Å². The molecule has 2 N–H and O–H groups in total. The Kier molecular flexibility index (Phi) is 3.46. The molecule has 0 spiro atoms. The van der Waals surface area contributed by atoms with Gasteiger partial charge in [0.15, 0.2) is 0 Å². The number of aliphatic hydroxyl groups excluding tert-OH is 1. The summed E-state index contributed by atoms with van der Waals surface area (Å²) in [5.74, 6) is 5.44. The molecular weight excluding hydrogens is 214 g/mol. The number of aryl methyl sites for hydroxylation is 1. The molecule has 88 valence electrons. The minimum absolute atomic E-state index is 0.0164. The molecule has 0 bridgehead atoms. The number of benzene rings is 1. The summed E-state index contributed by atoms with van der Waals surface area (Å²) in [7, 11) is 0. The van der Waals surface area contributed by atoms with Crippen LogP contribution in [0.4, 0.5) is 0 Å². The second kappa shape index (κ2) is 5.03. The van der Waals surface area contributed by atoms with Crippen molar-refractivity contribution in [1.29, 1.82) is 0 Å². The van der Waals surface area contributed by atoms with Gasteiger partial charge in [-0.05, 0) is 43.5 Å². The minimum Gasteiger partial charge on any atom is -0.384 e. The van der Waals surface area contributed by atoms with E-state index in [9.17, 15) is 4.79 Å². The maximum Gasteiger partial charge on any atom is 0.251 e. The fourth-order valence-electron chi connectivity index (χ4n) is 1.58. The molecule has 0 saturated heterocycles. The van der Waals surface area contributed by atoms with Gasteiger partial charge < -0.3 is 10.4 Å². The molecule has 1 amide bonds. The third kappa shape index (κ3) is 3.08. The molecule has 1 aromatic carbocycles. The average Bonchev–Trinajstić information content (AvgIpc) is 3.11. The molecule has 3 nitrogen and oxygen atoms in total. The molecule has 1 saturated carbocycles. The van der Waals surface area contributed by atoms with Crippen LogP contribution >= 0.6 is 0 Å². The van der Waals surface area contributed by atoms with Gasteiger partial charge in [-0.1, -0.05) is 11.8 Å². The highest BCUT2D eigenvalue weighted by molar-refractivity contribution is 5.94. The zero-order valence-corrected chi connectivity index (χ0v) is 9.79. The monoisotopic (exact) mass is 229 g/mol. The molecule has 0 radical (unpaired) electrons. The first kappa shape index (κ1) is 11.7.